The summed E-state index contributed by atoms with van der Waals surface area (Å²) in [5.41, 5.74) is 0. The lowest BCUT2D eigenvalue weighted by Gasteiger charge is -2.25. The smallest absolute Gasteiger partial charge is 0.205 e. The summed E-state index contributed by atoms with van der Waals surface area (Å²) >= 11 is 1.35. The minimum absolute atomic E-state index is 0.292. The summed E-state index contributed by atoms with van der Waals surface area (Å²) in [5, 5.41) is 9.38. The number of anilines is 1. The van der Waals surface area contributed by atoms with Gasteiger partial charge in [-0.25, -0.2) is 4.98 Å². The lowest BCUT2D eigenvalue weighted by molar-refractivity contribution is 0.122. The number of nitrogens with zero attached hydrogens (tertiary/aromatic N) is 4. The molecule has 2 rings (SSSR count). The first-order valence-electron chi connectivity index (χ1n) is 4.42. The van der Waals surface area contributed by atoms with E-state index in [1.807, 2.05) is 6.07 Å². The highest BCUT2D eigenvalue weighted by molar-refractivity contribution is 7.09. The fraction of sp³-hybridized carbons (Fsp3) is 0.625. The van der Waals surface area contributed by atoms with Crippen molar-refractivity contribution in [2.75, 3.05) is 31.2 Å². The molecule has 14 heavy (non-hydrogen) atoms. The number of rotatable bonds is 2. The van der Waals surface area contributed by atoms with Crippen LogP contribution in [0.15, 0.2) is 0 Å². The van der Waals surface area contributed by atoms with E-state index >= 15 is 0 Å². The minimum atomic E-state index is 0.292. The molecule has 0 N–H and O–H groups in total. The van der Waals surface area contributed by atoms with Crippen LogP contribution in [-0.2, 0) is 11.2 Å². The van der Waals surface area contributed by atoms with Gasteiger partial charge in [0.05, 0.1) is 25.7 Å². The number of hydrogen-bond acceptors (Lipinski definition) is 6. The molecule has 0 atom stereocenters. The molecule has 6 heteroatoms. The van der Waals surface area contributed by atoms with Crippen LogP contribution in [0.4, 0.5) is 5.13 Å². The van der Waals surface area contributed by atoms with Crippen molar-refractivity contribution in [1.82, 2.24) is 9.36 Å². The number of hydrogen-bond donors (Lipinski definition) is 0. The molecule has 1 aromatic heterocycles. The Morgan fingerprint density at radius 1 is 1.50 bits per heavy atom. The van der Waals surface area contributed by atoms with Gasteiger partial charge in [0.1, 0.15) is 0 Å². The molecule has 74 valence electrons. The van der Waals surface area contributed by atoms with Crippen molar-refractivity contribution < 1.29 is 4.74 Å². The summed E-state index contributed by atoms with van der Waals surface area (Å²) in [7, 11) is 0. The summed E-state index contributed by atoms with van der Waals surface area (Å²) in [5.74, 6) is 0.624. The normalized spacial score (nSPS) is 16.6. The highest BCUT2D eigenvalue weighted by Crippen LogP contribution is 2.18. The SMILES string of the molecule is N#CCc1nsc(N2CCOCC2)n1. The van der Waals surface area contributed by atoms with Gasteiger partial charge in [-0.2, -0.15) is 9.64 Å². The molecule has 0 aliphatic carbocycles. The van der Waals surface area contributed by atoms with Crippen LogP contribution in [0.1, 0.15) is 5.82 Å². The van der Waals surface area contributed by atoms with E-state index in [1.165, 1.54) is 11.5 Å². The van der Waals surface area contributed by atoms with Gasteiger partial charge in [-0.1, -0.05) is 0 Å². The fourth-order valence-corrected chi connectivity index (χ4v) is 2.01. The van der Waals surface area contributed by atoms with Crippen LogP contribution < -0.4 is 4.90 Å². The van der Waals surface area contributed by atoms with Crippen molar-refractivity contribution in [3.05, 3.63) is 5.82 Å². The lowest BCUT2D eigenvalue weighted by Crippen LogP contribution is -2.36. The second-order valence-electron chi connectivity index (χ2n) is 2.93. The van der Waals surface area contributed by atoms with E-state index in [0.29, 0.717) is 12.2 Å². The van der Waals surface area contributed by atoms with Crippen molar-refractivity contribution in [3.63, 3.8) is 0 Å². The third-order valence-corrected chi connectivity index (χ3v) is 2.79. The molecule has 0 bridgehead atoms. The Bertz CT molecular complexity index is 339. The zero-order valence-corrected chi connectivity index (χ0v) is 8.46. The molecule has 0 radical (unpaired) electrons. The predicted octanol–water partition coefficient (Wildman–Crippen LogP) is 0.441. The van der Waals surface area contributed by atoms with Gasteiger partial charge in [0, 0.05) is 24.6 Å². The average Bonchev–Trinajstić information content (AvgIpc) is 2.68. The van der Waals surface area contributed by atoms with Crippen LogP contribution in [0.2, 0.25) is 0 Å². The predicted molar refractivity (Wildman–Crippen MR) is 52.3 cm³/mol. The molecule has 1 fully saturated rings. The topological polar surface area (TPSA) is 62.0 Å². The largest absolute Gasteiger partial charge is 0.378 e. The van der Waals surface area contributed by atoms with Gasteiger partial charge >= 0.3 is 0 Å². The van der Waals surface area contributed by atoms with Crippen LogP contribution in [0, 0.1) is 11.3 Å². The Hall–Kier alpha value is -1.19. The van der Waals surface area contributed by atoms with E-state index in [9.17, 15) is 0 Å². The van der Waals surface area contributed by atoms with E-state index < -0.39 is 0 Å². The summed E-state index contributed by atoms with van der Waals surface area (Å²) in [4.78, 5) is 6.42. The monoisotopic (exact) mass is 210 g/mol. The Kier molecular flexibility index (Phi) is 2.91. The fourth-order valence-electron chi connectivity index (χ4n) is 1.27. The Balaban J connectivity index is 2.04. The maximum Gasteiger partial charge on any atom is 0.205 e. The second kappa shape index (κ2) is 4.35. The van der Waals surface area contributed by atoms with Gasteiger partial charge in [-0.3, -0.25) is 0 Å². The van der Waals surface area contributed by atoms with Gasteiger partial charge in [0.2, 0.25) is 5.13 Å². The Labute approximate surface area is 86.1 Å². The molecular weight excluding hydrogens is 200 g/mol. The summed E-state index contributed by atoms with van der Waals surface area (Å²) in [6.07, 6.45) is 0.292. The van der Waals surface area contributed by atoms with Gasteiger partial charge in [0.15, 0.2) is 5.82 Å². The minimum Gasteiger partial charge on any atom is -0.378 e. The van der Waals surface area contributed by atoms with Crippen molar-refractivity contribution in [3.8, 4) is 6.07 Å². The highest BCUT2D eigenvalue weighted by Gasteiger charge is 2.15. The van der Waals surface area contributed by atoms with Gasteiger partial charge in [0.25, 0.3) is 0 Å². The second-order valence-corrected chi connectivity index (χ2v) is 3.66. The zero-order valence-electron chi connectivity index (χ0n) is 7.64. The first kappa shape index (κ1) is 9.37. The van der Waals surface area contributed by atoms with Crippen LogP contribution in [-0.4, -0.2) is 35.7 Å². The highest BCUT2D eigenvalue weighted by atomic mass is 32.1. The molecule has 1 saturated heterocycles. The zero-order chi connectivity index (χ0) is 9.80. The maximum atomic E-state index is 8.48. The first-order valence-corrected chi connectivity index (χ1v) is 5.20. The molecule has 2 heterocycles. The standard InChI is InChI=1S/C8H10N4OS/c9-2-1-7-10-8(14-11-7)12-3-5-13-6-4-12/h1,3-6H2. The van der Waals surface area contributed by atoms with Crippen LogP contribution >= 0.6 is 11.5 Å². The van der Waals surface area contributed by atoms with E-state index in [4.69, 9.17) is 10.00 Å². The third-order valence-electron chi connectivity index (χ3n) is 1.98. The van der Waals surface area contributed by atoms with Crippen LogP contribution in [0.3, 0.4) is 0 Å². The van der Waals surface area contributed by atoms with E-state index in [0.717, 1.165) is 31.4 Å². The molecule has 0 amide bonds. The third kappa shape index (κ3) is 2.00. The molecule has 0 unspecified atom stereocenters. The van der Waals surface area contributed by atoms with Gasteiger partial charge in [-0.15, -0.1) is 0 Å². The van der Waals surface area contributed by atoms with Gasteiger partial charge in [-0.05, 0) is 0 Å². The molecule has 5 nitrogen and oxygen atoms in total. The molecule has 1 aromatic rings. The van der Waals surface area contributed by atoms with Crippen molar-refractivity contribution in [1.29, 1.82) is 5.26 Å². The molecule has 0 saturated carbocycles. The maximum absolute atomic E-state index is 8.48. The van der Waals surface area contributed by atoms with E-state index in [2.05, 4.69) is 14.3 Å². The number of ether oxygens (including phenoxy) is 1. The van der Waals surface area contributed by atoms with Crippen molar-refractivity contribution in [2.24, 2.45) is 0 Å². The number of aromatic nitrogens is 2. The van der Waals surface area contributed by atoms with Crippen molar-refractivity contribution >= 4 is 16.7 Å². The van der Waals surface area contributed by atoms with Crippen LogP contribution in [0.5, 0.6) is 0 Å². The number of nitriles is 1. The quantitative estimate of drug-likeness (QED) is 0.708. The summed E-state index contributed by atoms with van der Waals surface area (Å²) < 4.78 is 9.34. The molecule has 1 aliphatic heterocycles. The lowest BCUT2D eigenvalue weighted by atomic mass is 10.4. The average molecular weight is 210 g/mol. The van der Waals surface area contributed by atoms with Crippen LogP contribution in [0.25, 0.3) is 0 Å². The van der Waals surface area contributed by atoms with Gasteiger partial charge < -0.3 is 9.64 Å². The Morgan fingerprint density at radius 2 is 2.29 bits per heavy atom. The Morgan fingerprint density at radius 3 is 3.00 bits per heavy atom. The van der Waals surface area contributed by atoms with E-state index in [1.54, 1.807) is 0 Å². The molecule has 0 aromatic carbocycles. The number of morpholine rings is 1. The molecular formula is C8H10N4OS. The first-order chi connectivity index (χ1) is 6.90. The molecule has 0 spiro atoms. The van der Waals surface area contributed by atoms with Crippen molar-refractivity contribution in [2.45, 2.75) is 6.42 Å². The van der Waals surface area contributed by atoms with E-state index in [-0.39, 0.29) is 0 Å². The summed E-state index contributed by atoms with van der Waals surface area (Å²) in [6.45, 7) is 3.21. The summed E-state index contributed by atoms with van der Waals surface area (Å²) in [6, 6.07) is 2.04. The molecule has 1 aliphatic rings.